The molecule has 0 amide bonds. The third-order valence-corrected chi connectivity index (χ3v) is 3.48. The molecule has 5 heteroatoms. The van der Waals surface area contributed by atoms with E-state index in [-0.39, 0.29) is 0 Å². The van der Waals surface area contributed by atoms with E-state index in [9.17, 15) is 0 Å². The molecule has 1 aromatic heterocycles. The molecule has 5 nitrogen and oxygen atoms in total. The molecular formula is C16H23N5. The minimum atomic E-state index is 0.359. The van der Waals surface area contributed by atoms with Crippen molar-refractivity contribution in [3.63, 3.8) is 0 Å². The summed E-state index contributed by atoms with van der Waals surface area (Å²) < 4.78 is 0. The summed E-state index contributed by atoms with van der Waals surface area (Å²) in [5, 5.41) is 14.6. The summed E-state index contributed by atoms with van der Waals surface area (Å²) in [4.78, 5) is 4.46. The van der Waals surface area contributed by atoms with Gasteiger partial charge < -0.3 is 10.6 Å². The zero-order valence-electron chi connectivity index (χ0n) is 13.4. The number of aryl methyl sites for hydroxylation is 3. The molecular weight excluding hydrogens is 262 g/mol. The normalized spacial score (nSPS) is 12.0. The van der Waals surface area contributed by atoms with Crippen LogP contribution in [0, 0.1) is 20.8 Å². The van der Waals surface area contributed by atoms with E-state index in [1.165, 1.54) is 16.7 Å². The van der Waals surface area contributed by atoms with Crippen LogP contribution < -0.4 is 10.6 Å². The first-order valence-corrected chi connectivity index (χ1v) is 7.30. The second-order valence-electron chi connectivity index (χ2n) is 5.52. The summed E-state index contributed by atoms with van der Waals surface area (Å²) in [6.07, 6.45) is 2.68. The lowest BCUT2D eigenvalue weighted by atomic mass is 10.1. The van der Waals surface area contributed by atoms with Gasteiger partial charge in [-0.2, -0.15) is 10.1 Å². The van der Waals surface area contributed by atoms with E-state index in [4.69, 9.17) is 0 Å². The fourth-order valence-electron chi connectivity index (χ4n) is 2.27. The van der Waals surface area contributed by atoms with E-state index >= 15 is 0 Å². The number of benzene rings is 1. The van der Waals surface area contributed by atoms with Gasteiger partial charge in [-0.05, 0) is 45.2 Å². The number of nitrogens with one attached hydrogen (secondary N) is 2. The lowest BCUT2D eigenvalue weighted by Gasteiger charge is -2.14. The van der Waals surface area contributed by atoms with E-state index in [2.05, 4.69) is 72.6 Å². The zero-order chi connectivity index (χ0) is 15.4. The quantitative estimate of drug-likeness (QED) is 0.876. The van der Waals surface area contributed by atoms with Gasteiger partial charge in [0.05, 0.1) is 6.20 Å². The average molecular weight is 285 g/mol. The summed E-state index contributed by atoms with van der Waals surface area (Å²) in [5.41, 5.74) is 4.65. The fourth-order valence-corrected chi connectivity index (χ4v) is 2.27. The van der Waals surface area contributed by atoms with Gasteiger partial charge in [0.2, 0.25) is 5.95 Å². The number of anilines is 3. The predicted molar refractivity (Wildman–Crippen MR) is 87.1 cm³/mol. The van der Waals surface area contributed by atoms with Crippen LogP contribution in [0.2, 0.25) is 0 Å². The van der Waals surface area contributed by atoms with Crippen LogP contribution in [0.25, 0.3) is 0 Å². The van der Waals surface area contributed by atoms with Gasteiger partial charge in [-0.25, -0.2) is 0 Å². The number of hydrogen-bond donors (Lipinski definition) is 2. The molecule has 1 aromatic carbocycles. The van der Waals surface area contributed by atoms with Crippen molar-refractivity contribution in [3.05, 3.63) is 35.0 Å². The van der Waals surface area contributed by atoms with Gasteiger partial charge in [-0.15, -0.1) is 5.10 Å². The van der Waals surface area contributed by atoms with Gasteiger partial charge in [-0.1, -0.05) is 24.6 Å². The van der Waals surface area contributed by atoms with Crippen LogP contribution in [-0.2, 0) is 0 Å². The highest BCUT2D eigenvalue weighted by Gasteiger charge is 2.08. The molecule has 21 heavy (non-hydrogen) atoms. The lowest BCUT2D eigenvalue weighted by Crippen LogP contribution is -2.15. The van der Waals surface area contributed by atoms with Crippen molar-refractivity contribution in [2.75, 3.05) is 10.6 Å². The molecule has 0 saturated heterocycles. The Morgan fingerprint density at radius 3 is 2.43 bits per heavy atom. The molecule has 0 fully saturated rings. The van der Waals surface area contributed by atoms with E-state index in [0.29, 0.717) is 12.0 Å². The Morgan fingerprint density at radius 1 is 1.14 bits per heavy atom. The van der Waals surface area contributed by atoms with E-state index < -0.39 is 0 Å². The van der Waals surface area contributed by atoms with Crippen LogP contribution in [0.5, 0.6) is 0 Å². The van der Waals surface area contributed by atoms with Crippen molar-refractivity contribution in [2.45, 2.75) is 47.1 Å². The Balaban J connectivity index is 2.22. The minimum Gasteiger partial charge on any atom is -0.366 e. The first kappa shape index (κ1) is 15.2. The first-order valence-electron chi connectivity index (χ1n) is 7.30. The molecule has 0 bridgehead atoms. The Bertz CT molecular complexity index is 601. The highest BCUT2D eigenvalue weighted by atomic mass is 15.3. The van der Waals surface area contributed by atoms with Crippen LogP contribution in [-0.4, -0.2) is 21.2 Å². The minimum absolute atomic E-state index is 0.359. The van der Waals surface area contributed by atoms with Gasteiger partial charge in [0.25, 0.3) is 0 Å². The van der Waals surface area contributed by atoms with Crippen molar-refractivity contribution in [2.24, 2.45) is 0 Å². The maximum absolute atomic E-state index is 4.46. The first-order chi connectivity index (χ1) is 9.99. The third-order valence-electron chi connectivity index (χ3n) is 3.48. The van der Waals surface area contributed by atoms with E-state index in [1.807, 2.05) is 0 Å². The summed E-state index contributed by atoms with van der Waals surface area (Å²) >= 11 is 0. The smallest absolute Gasteiger partial charge is 0.249 e. The van der Waals surface area contributed by atoms with Crippen LogP contribution in [0.15, 0.2) is 18.3 Å². The molecule has 1 heterocycles. The average Bonchev–Trinajstić information content (AvgIpc) is 2.43. The molecule has 0 aliphatic heterocycles. The van der Waals surface area contributed by atoms with Gasteiger partial charge in [0.1, 0.15) is 0 Å². The fraction of sp³-hybridized carbons (Fsp3) is 0.438. The number of nitrogens with zero attached hydrogens (tertiary/aromatic N) is 3. The second kappa shape index (κ2) is 6.52. The zero-order valence-corrected chi connectivity index (χ0v) is 13.4. The molecule has 0 aliphatic carbocycles. The Morgan fingerprint density at radius 2 is 1.81 bits per heavy atom. The monoisotopic (exact) mass is 285 g/mol. The predicted octanol–water partition coefficient (Wildman–Crippen LogP) is 3.75. The van der Waals surface area contributed by atoms with Crippen molar-refractivity contribution in [3.8, 4) is 0 Å². The Labute approximate surface area is 126 Å². The maximum atomic E-state index is 4.46. The maximum Gasteiger partial charge on any atom is 0.249 e. The molecule has 0 spiro atoms. The largest absolute Gasteiger partial charge is 0.366 e. The van der Waals surface area contributed by atoms with Gasteiger partial charge >= 0.3 is 0 Å². The van der Waals surface area contributed by atoms with E-state index in [1.54, 1.807) is 6.20 Å². The van der Waals surface area contributed by atoms with Gasteiger partial charge in [-0.3, -0.25) is 0 Å². The molecule has 2 rings (SSSR count). The highest BCUT2D eigenvalue weighted by Crippen LogP contribution is 2.24. The Hall–Kier alpha value is -2.17. The highest BCUT2D eigenvalue weighted by molar-refractivity contribution is 5.64. The number of aromatic nitrogens is 3. The van der Waals surface area contributed by atoms with Crippen LogP contribution in [0.4, 0.5) is 17.5 Å². The second-order valence-corrected chi connectivity index (χ2v) is 5.52. The van der Waals surface area contributed by atoms with Gasteiger partial charge in [0.15, 0.2) is 5.82 Å². The molecule has 2 aromatic rings. The van der Waals surface area contributed by atoms with Crippen LogP contribution >= 0.6 is 0 Å². The van der Waals surface area contributed by atoms with Crippen LogP contribution in [0.3, 0.4) is 0 Å². The summed E-state index contributed by atoms with van der Waals surface area (Å²) in [5.74, 6) is 1.25. The molecule has 0 aliphatic rings. The number of rotatable bonds is 5. The summed E-state index contributed by atoms with van der Waals surface area (Å²) in [6.45, 7) is 10.5. The SMILES string of the molecule is CCC(C)Nc1cnnc(Nc2c(C)cc(C)cc2C)n1. The molecule has 1 unspecified atom stereocenters. The number of hydrogen-bond acceptors (Lipinski definition) is 5. The van der Waals surface area contributed by atoms with Crippen LogP contribution in [0.1, 0.15) is 37.0 Å². The van der Waals surface area contributed by atoms with Crippen molar-refractivity contribution in [1.82, 2.24) is 15.2 Å². The third kappa shape index (κ3) is 3.90. The van der Waals surface area contributed by atoms with Crippen molar-refractivity contribution in [1.29, 1.82) is 0 Å². The molecule has 0 saturated carbocycles. The molecule has 2 N–H and O–H groups in total. The standard InChI is InChI=1S/C16H23N5/c1-6-13(5)18-14-9-17-21-16(19-14)20-15-11(3)7-10(2)8-12(15)4/h7-9,13H,6H2,1-5H3,(H2,18,19,20,21). The summed E-state index contributed by atoms with van der Waals surface area (Å²) in [7, 11) is 0. The lowest BCUT2D eigenvalue weighted by molar-refractivity contribution is 0.755. The van der Waals surface area contributed by atoms with Crippen molar-refractivity contribution < 1.29 is 0 Å². The molecule has 0 radical (unpaired) electrons. The van der Waals surface area contributed by atoms with E-state index in [0.717, 1.165) is 17.9 Å². The Kier molecular flexibility index (Phi) is 4.73. The molecule has 112 valence electrons. The van der Waals surface area contributed by atoms with Gasteiger partial charge in [0, 0.05) is 11.7 Å². The van der Waals surface area contributed by atoms with Crippen molar-refractivity contribution >= 4 is 17.5 Å². The molecule has 1 atom stereocenters. The topological polar surface area (TPSA) is 62.7 Å². The summed E-state index contributed by atoms with van der Waals surface area (Å²) in [6, 6.07) is 4.64.